The van der Waals surface area contributed by atoms with Crippen LogP contribution in [-0.4, -0.2) is 18.9 Å². The van der Waals surface area contributed by atoms with Gasteiger partial charge in [-0.1, -0.05) is 20.3 Å². The molecule has 116 valence electrons. The zero-order valence-electron chi connectivity index (χ0n) is 13.0. The summed E-state index contributed by atoms with van der Waals surface area (Å²) in [6, 6.07) is 0. The van der Waals surface area contributed by atoms with Crippen LogP contribution in [0.15, 0.2) is 0 Å². The van der Waals surface area contributed by atoms with E-state index in [1.807, 2.05) is 0 Å². The molecule has 0 fully saturated rings. The molecule has 0 saturated heterocycles. The third-order valence-electron chi connectivity index (χ3n) is 3.98. The number of thiophene rings is 1. The third kappa shape index (κ3) is 3.64. The number of carbonyl (C=O) groups excluding carboxylic acids is 2. The summed E-state index contributed by atoms with van der Waals surface area (Å²) in [7, 11) is 1.64. The fourth-order valence-corrected chi connectivity index (χ4v) is 4.15. The monoisotopic (exact) mass is 308 g/mol. The largest absolute Gasteiger partial charge is 0.355 e. The van der Waals surface area contributed by atoms with Gasteiger partial charge in [-0.25, -0.2) is 0 Å². The first-order valence-corrected chi connectivity index (χ1v) is 8.54. The standard InChI is InChI=1S/C16H24N2O2S/c1-4-5-6-13(19)18-16-14(15(20)17-3)11-8-7-10(2)9-12(11)21-16/h10H,4-9H2,1-3H3,(H,17,20)(H,18,19)/t10-/m0/s1. The van der Waals surface area contributed by atoms with Gasteiger partial charge in [-0.2, -0.15) is 0 Å². The Hall–Kier alpha value is -1.36. The predicted octanol–water partition coefficient (Wildman–Crippen LogP) is 3.36. The van der Waals surface area contributed by atoms with Crippen LogP contribution in [-0.2, 0) is 17.6 Å². The minimum absolute atomic E-state index is 0.00801. The summed E-state index contributed by atoms with van der Waals surface area (Å²) in [6.45, 7) is 4.30. The molecule has 0 bridgehead atoms. The van der Waals surface area contributed by atoms with E-state index in [-0.39, 0.29) is 11.8 Å². The minimum Gasteiger partial charge on any atom is -0.355 e. The smallest absolute Gasteiger partial charge is 0.254 e. The fourth-order valence-electron chi connectivity index (χ4n) is 2.73. The Kier molecular flexibility index (Phi) is 5.39. The van der Waals surface area contributed by atoms with Crippen LogP contribution in [0.4, 0.5) is 5.00 Å². The molecule has 2 amide bonds. The maximum atomic E-state index is 12.2. The van der Waals surface area contributed by atoms with E-state index in [0.717, 1.165) is 42.7 Å². The summed E-state index contributed by atoms with van der Waals surface area (Å²) in [5, 5.41) is 6.38. The molecule has 1 aliphatic carbocycles. The molecule has 0 aliphatic heterocycles. The normalized spacial score (nSPS) is 17.2. The molecule has 21 heavy (non-hydrogen) atoms. The molecular weight excluding hydrogens is 284 g/mol. The Labute approximate surface area is 130 Å². The van der Waals surface area contributed by atoms with Gasteiger partial charge in [-0.3, -0.25) is 9.59 Å². The lowest BCUT2D eigenvalue weighted by Crippen LogP contribution is -2.22. The van der Waals surface area contributed by atoms with Crippen molar-refractivity contribution in [3.8, 4) is 0 Å². The second kappa shape index (κ2) is 7.07. The number of hydrogen-bond acceptors (Lipinski definition) is 3. The lowest BCUT2D eigenvalue weighted by molar-refractivity contribution is -0.116. The van der Waals surface area contributed by atoms with Crippen LogP contribution in [0.5, 0.6) is 0 Å². The number of hydrogen-bond donors (Lipinski definition) is 2. The average Bonchev–Trinajstić information content (AvgIpc) is 2.81. The van der Waals surface area contributed by atoms with Crippen molar-refractivity contribution in [2.75, 3.05) is 12.4 Å². The Morgan fingerprint density at radius 2 is 2.14 bits per heavy atom. The number of fused-ring (bicyclic) bond motifs is 1. The van der Waals surface area contributed by atoms with Crippen LogP contribution in [0, 0.1) is 5.92 Å². The van der Waals surface area contributed by atoms with Gasteiger partial charge in [0.15, 0.2) is 0 Å². The second-order valence-corrected chi connectivity index (χ2v) is 6.89. The molecule has 0 aromatic carbocycles. The Balaban J connectivity index is 2.27. The van der Waals surface area contributed by atoms with Crippen molar-refractivity contribution in [2.45, 2.75) is 52.4 Å². The first kappa shape index (κ1) is 16.0. The summed E-state index contributed by atoms with van der Waals surface area (Å²) < 4.78 is 0. The number of rotatable bonds is 5. The van der Waals surface area contributed by atoms with Crippen molar-refractivity contribution in [3.05, 3.63) is 16.0 Å². The highest BCUT2D eigenvalue weighted by molar-refractivity contribution is 7.17. The molecule has 0 saturated carbocycles. The predicted molar refractivity (Wildman–Crippen MR) is 87.1 cm³/mol. The van der Waals surface area contributed by atoms with Crippen molar-refractivity contribution < 1.29 is 9.59 Å². The molecular formula is C16H24N2O2S. The summed E-state index contributed by atoms with van der Waals surface area (Å²) in [5.41, 5.74) is 1.83. The molecule has 5 heteroatoms. The van der Waals surface area contributed by atoms with E-state index < -0.39 is 0 Å². The van der Waals surface area contributed by atoms with Crippen LogP contribution >= 0.6 is 11.3 Å². The van der Waals surface area contributed by atoms with Gasteiger partial charge in [-0.05, 0) is 37.2 Å². The van der Waals surface area contributed by atoms with E-state index in [4.69, 9.17) is 0 Å². The summed E-state index contributed by atoms with van der Waals surface area (Å²) in [4.78, 5) is 25.4. The molecule has 0 unspecified atom stereocenters. The Morgan fingerprint density at radius 3 is 2.81 bits per heavy atom. The van der Waals surface area contributed by atoms with Crippen molar-refractivity contribution in [3.63, 3.8) is 0 Å². The van der Waals surface area contributed by atoms with Crippen LogP contribution in [0.3, 0.4) is 0 Å². The first-order chi connectivity index (χ1) is 10.1. The molecule has 0 radical (unpaired) electrons. The minimum atomic E-state index is -0.0900. The maximum absolute atomic E-state index is 12.2. The summed E-state index contributed by atoms with van der Waals surface area (Å²) in [5.74, 6) is 0.568. The highest BCUT2D eigenvalue weighted by atomic mass is 32.1. The lowest BCUT2D eigenvalue weighted by Gasteiger charge is -2.18. The fraction of sp³-hybridized carbons (Fsp3) is 0.625. The van der Waals surface area contributed by atoms with Crippen LogP contribution < -0.4 is 10.6 Å². The van der Waals surface area contributed by atoms with E-state index in [1.165, 1.54) is 4.88 Å². The van der Waals surface area contributed by atoms with Crippen LogP contribution in [0.1, 0.15) is 60.3 Å². The van der Waals surface area contributed by atoms with Gasteiger partial charge in [0.2, 0.25) is 5.91 Å². The zero-order chi connectivity index (χ0) is 15.4. The van der Waals surface area contributed by atoms with E-state index in [1.54, 1.807) is 18.4 Å². The highest BCUT2D eigenvalue weighted by Gasteiger charge is 2.27. The van der Waals surface area contributed by atoms with Gasteiger partial charge < -0.3 is 10.6 Å². The van der Waals surface area contributed by atoms with Crippen molar-refractivity contribution in [2.24, 2.45) is 5.92 Å². The number of unbranched alkanes of at least 4 members (excludes halogenated alkanes) is 1. The van der Waals surface area contributed by atoms with E-state index >= 15 is 0 Å². The van der Waals surface area contributed by atoms with Crippen molar-refractivity contribution >= 4 is 28.2 Å². The van der Waals surface area contributed by atoms with E-state index in [9.17, 15) is 9.59 Å². The van der Waals surface area contributed by atoms with Crippen LogP contribution in [0.2, 0.25) is 0 Å². The zero-order valence-corrected chi connectivity index (χ0v) is 13.9. The van der Waals surface area contributed by atoms with Gasteiger partial charge in [0, 0.05) is 18.3 Å². The van der Waals surface area contributed by atoms with E-state index in [0.29, 0.717) is 17.9 Å². The maximum Gasteiger partial charge on any atom is 0.254 e. The third-order valence-corrected chi connectivity index (χ3v) is 5.15. The molecule has 1 aromatic heterocycles. The molecule has 1 aliphatic rings. The van der Waals surface area contributed by atoms with E-state index in [2.05, 4.69) is 24.5 Å². The Morgan fingerprint density at radius 1 is 1.38 bits per heavy atom. The quantitative estimate of drug-likeness (QED) is 0.876. The molecule has 0 spiro atoms. The van der Waals surface area contributed by atoms with Gasteiger partial charge in [0.1, 0.15) is 5.00 Å². The molecule has 4 nitrogen and oxygen atoms in total. The number of anilines is 1. The highest BCUT2D eigenvalue weighted by Crippen LogP contribution is 2.39. The number of nitrogens with one attached hydrogen (secondary N) is 2. The Bertz CT molecular complexity index is 537. The molecule has 1 aromatic rings. The van der Waals surface area contributed by atoms with Gasteiger partial charge in [-0.15, -0.1) is 11.3 Å². The number of amides is 2. The van der Waals surface area contributed by atoms with Crippen LogP contribution in [0.25, 0.3) is 0 Å². The first-order valence-electron chi connectivity index (χ1n) is 7.73. The molecule has 2 rings (SSSR count). The average molecular weight is 308 g/mol. The number of carbonyl (C=O) groups is 2. The topological polar surface area (TPSA) is 58.2 Å². The molecule has 2 N–H and O–H groups in total. The lowest BCUT2D eigenvalue weighted by atomic mass is 9.88. The summed E-state index contributed by atoms with van der Waals surface area (Å²) >= 11 is 1.58. The van der Waals surface area contributed by atoms with Crippen molar-refractivity contribution in [1.29, 1.82) is 0 Å². The SMILES string of the molecule is CCCCC(=O)Nc1sc2c(c1C(=O)NC)CC[C@H](C)C2. The van der Waals surface area contributed by atoms with Gasteiger partial charge >= 0.3 is 0 Å². The van der Waals surface area contributed by atoms with Gasteiger partial charge in [0.05, 0.1) is 5.56 Å². The molecule has 1 atom stereocenters. The second-order valence-electron chi connectivity index (χ2n) is 5.79. The van der Waals surface area contributed by atoms with Gasteiger partial charge in [0.25, 0.3) is 5.91 Å². The van der Waals surface area contributed by atoms with Crippen molar-refractivity contribution in [1.82, 2.24) is 5.32 Å². The molecule has 1 heterocycles. The summed E-state index contributed by atoms with van der Waals surface area (Å²) in [6.07, 6.45) is 5.44.